The summed E-state index contributed by atoms with van der Waals surface area (Å²) in [6, 6.07) is 0. The molecule has 5 aliphatic rings. The summed E-state index contributed by atoms with van der Waals surface area (Å²) in [6.07, 6.45) is 29.4. The Balaban J connectivity index is 0.965. The van der Waals surface area contributed by atoms with Crippen molar-refractivity contribution in [1.82, 2.24) is 5.32 Å². The fourth-order valence-electron chi connectivity index (χ4n) is 8.15. The molecule has 0 unspecified atom stereocenters. The summed E-state index contributed by atoms with van der Waals surface area (Å²) in [4.78, 5) is 13.5. The van der Waals surface area contributed by atoms with E-state index < -0.39 is 30.1 Å². The van der Waals surface area contributed by atoms with Crippen LogP contribution in [0.2, 0.25) is 0 Å². The molecule has 0 radical (unpaired) electrons. The molecule has 1 N–H and O–H groups in total. The van der Waals surface area contributed by atoms with Gasteiger partial charge in [0.15, 0.2) is 24.0 Å². The number of unbranched alkanes of at least 4 members (excludes halogenated alkanes) is 15. The average Bonchev–Trinajstić information content (AvgIpc) is 3.56. The molecule has 43 heavy (non-hydrogen) atoms. The van der Waals surface area contributed by atoms with Crippen molar-refractivity contribution >= 4 is 5.91 Å². The number of rotatable bonds is 18. The number of ether oxygens (including phenoxy) is 5. The third kappa shape index (κ3) is 9.40. The van der Waals surface area contributed by atoms with Gasteiger partial charge in [0.05, 0.1) is 0 Å². The number of carbonyl (C=O) groups excluding carboxylic acids is 1. The van der Waals surface area contributed by atoms with Gasteiger partial charge >= 0.3 is 0 Å². The lowest BCUT2D eigenvalue weighted by atomic mass is 9.94. The Kier molecular flexibility index (Phi) is 13.5. The van der Waals surface area contributed by atoms with Gasteiger partial charge in [0.25, 0.3) is 5.91 Å². The molecule has 2 saturated carbocycles. The van der Waals surface area contributed by atoms with Crippen LogP contribution in [0, 0.1) is 0 Å². The van der Waals surface area contributed by atoms with E-state index in [1.54, 1.807) is 0 Å². The summed E-state index contributed by atoms with van der Waals surface area (Å²) < 4.78 is 32.7. The lowest BCUT2D eigenvalue weighted by Crippen LogP contribution is -2.59. The number of nitrogens with one attached hydrogen (secondary N) is 1. The van der Waals surface area contributed by atoms with Crippen molar-refractivity contribution in [2.45, 2.75) is 216 Å². The Morgan fingerprint density at radius 1 is 0.558 bits per heavy atom. The number of hydrogen-bond donors (Lipinski definition) is 1. The molecule has 0 aromatic heterocycles. The van der Waals surface area contributed by atoms with Gasteiger partial charge in [-0.25, -0.2) is 0 Å². The largest absolute Gasteiger partial charge is 0.354 e. The molecule has 3 saturated heterocycles. The van der Waals surface area contributed by atoms with E-state index in [0.29, 0.717) is 6.54 Å². The van der Waals surface area contributed by atoms with Crippen LogP contribution in [-0.4, -0.2) is 54.7 Å². The van der Waals surface area contributed by atoms with Gasteiger partial charge in [-0.05, 0) is 32.1 Å². The zero-order valence-electron chi connectivity index (χ0n) is 27.4. The molecule has 0 bridgehead atoms. The van der Waals surface area contributed by atoms with Crippen LogP contribution in [0.25, 0.3) is 0 Å². The lowest BCUT2D eigenvalue weighted by Gasteiger charge is -2.36. The van der Waals surface area contributed by atoms with Crippen LogP contribution in [-0.2, 0) is 28.5 Å². The highest BCUT2D eigenvalue weighted by molar-refractivity contribution is 5.81. The Labute approximate surface area is 262 Å². The van der Waals surface area contributed by atoms with Crippen molar-refractivity contribution in [3.63, 3.8) is 0 Å². The van der Waals surface area contributed by atoms with Crippen molar-refractivity contribution < 1.29 is 28.5 Å². The first-order valence-corrected chi connectivity index (χ1v) is 18.8. The Morgan fingerprint density at radius 3 is 1.53 bits per heavy atom. The maximum atomic E-state index is 13.5. The van der Waals surface area contributed by atoms with Crippen LogP contribution in [0.4, 0.5) is 0 Å². The molecule has 2 spiro atoms. The zero-order valence-corrected chi connectivity index (χ0v) is 27.4. The van der Waals surface area contributed by atoms with E-state index in [1.807, 2.05) is 0 Å². The predicted molar refractivity (Wildman–Crippen MR) is 169 cm³/mol. The molecule has 7 heteroatoms. The van der Waals surface area contributed by atoms with E-state index in [1.165, 1.54) is 103 Å². The molecule has 0 aromatic rings. The summed E-state index contributed by atoms with van der Waals surface area (Å²) in [7, 11) is 0. The standard InChI is InChI=1S/C36H63NO6/c1-2-3-4-5-6-7-8-9-10-11-12-13-14-15-16-23-28-37-33(38)31-29-30(41-35(40-29)24-19-17-20-25-35)32-34(39-31)43-36(42-32)26-21-18-22-27-36/h29-32,34H,2-28H2,1H3,(H,37,38)/t29-,30-,31-,32-,34-/m1/s1. The van der Waals surface area contributed by atoms with Gasteiger partial charge in [0.1, 0.15) is 18.3 Å². The minimum atomic E-state index is -0.726. The van der Waals surface area contributed by atoms with Crippen molar-refractivity contribution in [1.29, 1.82) is 0 Å². The Hall–Kier alpha value is -0.730. The average molecular weight is 606 g/mol. The number of fused-ring (bicyclic) bond motifs is 3. The van der Waals surface area contributed by atoms with E-state index in [4.69, 9.17) is 23.7 Å². The van der Waals surface area contributed by atoms with Gasteiger partial charge in [-0.1, -0.05) is 116 Å². The molecule has 3 heterocycles. The van der Waals surface area contributed by atoms with Crippen LogP contribution >= 0.6 is 0 Å². The van der Waals surface area contributed by atoms with Crippen molar-refractivity contribution in [3.05, 3.63) is 0 Å². The van der Waals surface area contributed by atoms with Crippen molar-refractivity contribution in [2.24, 2.45) is 0 Å². The summed E-state index contributed by atoms with van der Waals surface area (Å²) in [5, 5.41) is 3.16. The normalized spacial score (nSPS) is 30.9. The quantitative estimate of drug-likeness (QED) is 0.158. The second-order valence-corrected chi connectivity index (χ2v) is 14.3. The molecule has 5 fully saturated rings. The summed E-state index contributed by atoms with van der Waals surface area (Å²) >= 11 is 0. The van der Waals surface area contributed by atoms with E-state index in [0.717, 1.165) is 64.2 Å². The van der Waals surface area contributed by atoms with Gasteiger partial charge in [-0.15, -0.1) is 0 Å². The van der Waals surface area contributed by atoms with Crippen molar-refractivity contribution in [2.75, 3.05) is 6.54 Å². The number of hydrogen-bond acceptors (Lipinski definition) is 6. The van der Waals surface area contributed by atoms with E-state index >= 15 is 0 Å². The third-order valence-electron chi connectivity index (χ3n) is 10.7. The zero-order chi connectivity index (χ0) is 29.8. The smallest absolute Gasteiger partial charge is 0.252 e. The molecule has 7 nitrogen and oxygen atoms in total. The van der Waals surface area contributed by atoms with E-state index in [-0.39, 0.29) is 18.1 Å². The minimum Gasteiger partial charge on any atom is -0.354 e. The Bertz CT molecular complexity index is 810. The first-order valence-electron chi connectivity index (χ1n) is 18.8. The van der Waals surface area contributed by atoms with Crippen LogP contribution in [0.5, 0.6) is 0 Å². The van der Waals surface area contributed by atoms with E-state index in [2.05, 4.69) is 12.2 Å². The fourth-order valence-corrected chi connectivity index (χ4v) is 8.15. The minimum absolute atomic E-state index is 0.0981. The summed E-state index contributed by atoms with van der Waals surface area (Å²) in [6.45, 7) is 2.96. The molecule has 5 rings (SSSR count). The molecule has 3 aliphatic heterocycles. The predicted octanol–water partition coefficient (Wildman–Crippen LogP) is 8.61. The highest BCUT2D eigenvalue weighted by Crippen LogP contribution is 2.50. The highest BCUT2D eigenvalue weighted by Gasteiger charge is 2.65. The lowest BCUT2D eigenvalue weighted by molar-refractivity contribution is -0.247. The molecular weight excluding hydrogens is 542 g/mol. The van der Waals surface area contributed by atoms with Crippen LogP contribution in [0.1, 0.15) is 174 Å². The fraction of sp³-hybridized carbons (Fsp3) is 0.972. The molecule has 0 aromatic carbocycles. The third-order valence-corrected chi connectivity index (χ3v) is 10.7. The van der Waals surface area contributed by atoms with Gasteiger partial charge in [-0.2, -0.15) is 0 Å². The highest BCUT2D eigenvalue weighted by atomic mass is 16.9. The van der Waals surface area contributed by atoms with Gasteiger partial charge in [-0.3, -0.25) is 4.79 Å². The van der Waals surface area contributed by atoms with Gasteiger partial charge in [0, 0.05) is 32.2 Å². The molecule has 2 aliphatic carbocycles. The van der Waals surface area contributed by atoms with Crippen LogP contribution < -0.4 is 5.32 Å². The topological polar surface area (TPSA) is 75.3 Å². The SMILES string of the molecule is CCCCCCCCCCCCCCCCCCNC(=O)[C@@H]1O[C@@H]2OC3(CCCCC3)O[C@@H]2[C@@H]2OC3(CCCCC3)O[C@H]21. The first-order chi connectivity index (χ1) is 21.1. The van der Waals surface area contributed by atoms with Crippen molar-refractivity contribution in [3.8, 4) is 0 Å². The second-order valence-electron chi connectivity index (χ2n) is 14.3. The van der Waals surface area contributed by atoms with Crippen LogP contribution in [0.3, 0.4) is 0 Å². The molecular formula is C36H63NO6. The first kappa shape index (κ1) is 33.6. The monoisotopic (exact) mass is 605 g/mol. The Morgan fingerprint density at radius 2 is 1.00 bits per heavy atom. The molecule has 5 atom stereocenters. The van der Waals surface area contributed by atoms with E-state index in [9.17, 15) is 4.79 Å². The summed E-state index contributed by atoms with van der Waals surface area (Å²) in [5.74, 6) is -1.30. The second kappa shape index (κ2) is 17.3. The van der Waals surface area contributed by atoms with Gasteiger partial charge in [0.2, 0.25) is 0 Å². The number of carbonyl (C=O) groups is 1. The maximum Gasteiger partial charge on any atom is 0.252 e. The molecule has 1 amide bonds. The maximum absolute atomic E-state index is 13.5. The van der Waals surface area contributed by atoms with Crippen LogP contribution in [0.15, 0.2) is 0 Å². The molecule has 248 valence electrons. The summed E-state index contributed by atoms with van der Waals surface area (Å²) in [5.41, 5.74) is 0. The number of amides is 1. The van der Waals surface area contributed by atoms with Gasteiger partial charge < -0.3 is 29.0 Å².